The van der Waals surface area contributed by atoms with Crippen molar-refractivity contribution in [3.8, 4) is 0 Å². The van der Waals surface area contributed by atoms with Crippen LogP contribution >= 0.6 is 0 Å². The molecule has 2 N–H and O–H groups in total. The van der Waals surface area contributed by atoms with E-state index in [1.54, 1.807) is 0 Å². The van der Waals surface area contributed by atoms with Crippen molar-refractivity contribution in [2.24, 2.45) is 7.05 Å². The summed E-state index contributed by atoms with van der Waals surface area (Å²) in [6.45, 7) is 6.58. The fraction of sp³-hybridized carbons (Fsp3) is 0.727. The number of aromatic nitrogens is 2. The van der Waals surface area contributed by atoms with Crippen LogP contribution in [-0.4, -0.2) is 41.6 Å². The van der Waals surface area contributed by atoms with Gasteiger partial charge in [-0.3, -0.25) is 4.68 Å². The lowest BCUT2D eigenvalue weighted by atomic mass is 10.2. The summed E-state index contributed by atoms with van der Waals surface area (Å²) in [5.41, 5.74) is 2.25. The Morgan fingerprint density at radius 2 is 2.19 bits per heavy atom. The summed E-state index contributed by atoms with van der Waals surface area (Å²) in [6.07, 6.45) is 0. The Kier molecular flexibility index (Phi) is 4.76. The molecule has 0 aliphatic rings. The van der Waals surface area contributed by atoms with Gasteiger partial charge in [0, 0.05) is 32.2 Å². The Balaban J connectivity index is 3.07. The van der Waals surface area contributed by atoms with Crippen molar-refractivity contribution in [2.45, 2.75) is 20.4 Å². The van der Waals surface area contributed by atoms with Crippen molar-refractivity contribution < 1.29 is 5.11 Å². The Hall–Kier alpha value is -1.07. The fourth-order valence-corrected chi connectivity index (χ4v) is 2.00. The highest BCUT2D eigenvalue weighted by Crippen LogP contribution is 2.22. The van der Waals surface area contributed by atoms with Crippen molar-refractivity contribution in [1.29, 1.82) is 0 Å². The minimum atomic E-state index is 0.164. The third-order valence-electron chi connectivity index (χ3n) is 2.72. The summed E-state index contributed by atoms with van der Waals surface area (Å²) >= 11 is 0. The van der Waals surface area contributed by atoms with Crippen LogP contribution in [0.3, 0.4) is 0 Å². The monoisotopic (exact) mass is 226 g/mol. The van der Waals surface area contributed by atoms with Crippen LogP contribution in [0.1, 0.15) is 18.2 Å². The normalized spacial score (nSPS) is 10.8. The van der Waals surface area contributed by atoms with Gasteiger partial charge in [-0.15, -0.1) is 0 Å². The number of nitrogens with zero attached hydrogens (tertiary/aromatic N) is 3. The van der Waals surface area contributed by atoms with Gasteiger partial charge in [-0.25, -0.2) is 0 Å². The van der Waals surface area contributed by atoms with E-state index < -0.39 is 0 Å². The first-order valence-corrected chi connectivity index (χ1v) is 5.68. The van der Waals surface area contributed by atoms with Crippen molar-refractivity contribution in [3.05, 3.63) is 11.3 Å². The summed E-state index contributed by atoms with van der Waals surface area (Å²) in [4.78, 5) is 2.15. The molecule has 0 aromatic carbocycles. The zero-order valence-corrected chi connectivity index (χ0v) is 10.6. The molecule has 92 valence electrons. The molecule has 0 spiro atoms. The summed E-state index contributed by atoms with van der Waals surface area (Å²) in [5, 5.41) is 16.7. The molecule has 1 heterocycles. The van der Waals surface area contributed by atoms with E-state index in [-0.39, 0.29) is 6.61 Å². The maximum absolute atomic E-state index is 9.06. The van der Waals surface area contributed by atoms with Crippen LogP contribution in [0.2, 0.25) is 0 Å². The molecule has 1 rings (SSSR count). The van der Waals surface area contributed by atoms with E-state index in [2.05, 4.69) is 22.2 Å². The van der Waals surface area contributed by atoms with Gasteiger partial charge in [0.1, 0.15) is 5.82 Å². The number of aliphatic hydroxyl groups excluding tert-OH is 1. The average molecular weight is 226 g/mol. The highest BCUT2D eigenvalue weighted by atomic mass is 16.3. The molecule has 16 heavy (non-hydrogen) atoms. The van der Waals surface area contributed by atoms with Crippen molar-refractivity contribution in [2.75, 3.05) is 31.6 Å². The number of aliphatic hydroxyl groups is 1. The molecule has 1 aromatic rings. The number of rotatable bonds is 6. The quantitative estimate of drug-likeness (QED) is 0.731. The first-order chi connectivity index (χ1) is 7.65. The molecule has 1 aromatic heterocycles. The van der Waals surface area contributed by atoms with Crippen molar-refractivity contribution in [1.82, 2.24) is 15.1 Å². The van der Waals surface area contributed by atoms with Gasteiger partial charge in [-0.1, -0.05) is 0 Å². The van der Waals surface area contributed by atoms with E-state index in [0.717, 1.165) is 24.6 Å². The van der Waals surface area contributed by atoms with Gasteiger partial charge in [-0.05, 0) is 20.9 Å². The molecule has 0 unspecified atom stereocenters. The number of nitrogens with one attached hydrogen (secondary N) is 1. The maximum atomic E-state index is 9.06. The molecule has 5 heteroatoms. The third-order valence-corrected chi connectivity index (χ3v) is 2.72. The molecule has 0 saturated heterocycles. The predicted octanol–water partition coefficient (Wildman–Crippen LogP) is 0.267. The Morgan fingerprint density at radius 1 is 1.50 bits per heavy atom. The van der Waals surface area contributed by atoms with E-state index in [0.29, 0.717) is 6.54 Å². The van der Waals surface area contributed by atoms with E-state index in [9.17, 15) is 0 Å². The van der Waals surface area contributed by atoms with Crippen LogP contribution in [0.25, 0.3) is 0 Å². The Bertz CT molecular complexity index is 335. The van der Waals surface area contributed by atoms with Crippen LogP contribution in [0.5, 0.6) is 0 Å². The molecule has 0 aliphatic heterocycles. The molecular formula is C11H22N4O. The first kappa shape index (κ1) is 13.0. The Labute approximate surface area is 97.1 Å². The van der Waals surface area contributed by atoms with Crippen LogP contribution in [0.15, 0.2) is 0 Å². The average Bonchev–Trinajstić information content (AvgIpc) is 2.52. The zero-order valence-electron chi connectivity index (χ0n) is 10.6. The molecule has 0 fully saturated rings. The van der Waals surface area contributed by atoms with E-state index in [1.807, 2.05) is 25.7 Å². The third kappa shape index (κ3) is 2.54. The first-order valence-electron chi connectivity index (χ1n) is 5.68. The van der Waals surface area contributed by atoms with E-state index >= 15 is 0 Å². The number of hydrogen-bond donors (Lipinski definition) is 2. The van der Waals surface area contributed by atoms with Crippen LogP contribution in [0, 0.1) is 6.92 Å². The smallest absolute Gasteiger partial charge is 0.131 e. The number of hydrogen-bond acceptors (Lipinski definition) is 4. The molecule has 0 radical (unpaired) electrons. The Morgan fingerprint density at radius 3 is 2.69 bits per heavy atom. The van der Waals surface area contributed by atoms with Gasteiger partial charge in [0.05, 0.1) is 12.3 Å². The maximum Gasteiger partial charge on any atom is 0.131 e. The summed E-state index contributed by atoms with van der Waals surface area (Å²) in [6, 6.07) is 0. The second kappa shape index (κ2) is 5.86. The number of anilines is 1. The summed E-state index contributed by atoms with van der Waals surface area (Å²) in [7, 11) is 3.88. The molecule has 0 amide bonds. The van der Waals surface area contributed by atoms with Crippen molar-refractivity contribution >= 4 is 5.82 Å². The fourth-order valence-electron chi connectivity index (χ4n) is 2.00. The lowest BCUT2D eigenvalue weighted by Crippen LogP contribution is -2.29. The molecular weight excluding hydrogens is 204 g/mol. The van der Waals surface area contributed by atoms with Gasteiger partial charge < -0.3 is 15.3 Å². The highest BCUT2D eigenvalue weighted by Gasteiger charge is 2.17. The van der Waals surface area contributed by atoms with Gasteiger partial charge in [0.2, 0.25) is 0 Å². The molecule has 0 saturated carbocycles. The molecule has 0 aliphatic carbocycles. The summed E-state index contributed by atoms with van der Waals surface area (Å²) < 4.78 is 1.89. The summed E-state index contributed by atoms with van der Waals surface area (Å²) in [5.74, 6) is 1.10. The lowest BCUT2D eigenvalue weighted by Gasteiger charge is -2.23. The molecule has 5 nitrogen and oxygen atoms in total. The standard InChI is InChI=1S/C11H22N4O/c1-5-15(6-7-16)11-10(8-12-3)9(2)13-14(11)4/h12,16H,5-8H2,1-4H3. The number of likely N-dealkylation sites (N-methyl/N-ethyl adjacent to an activating group) is 1. The van der Waals surface area contributed by atoms with Gasteiger partial charge in [-0.2, -0.15) is 5.10 Å². The second-order valence-corrected chi connectivity index (χ2v) is 3.84. The number of aryl methyl sites for hydroxylation is 2. The van der Waals surface area contributed by atoms with Crippen LogP contribution in [0.4, 0.5) is 5.82 Å². The van der Waals surface area contributed by atoms with E-state index in [1.165, 1.54) is 5.56 Å². The SMILES string of the molecule is CCN(CCO)c1c(CNC)c(C)nn1C. The van der Waals surface area contributed by atoms with Crippen molar-refractivity contribution in [3.63, 3.8) is 0 Å². The van der Waals surface area contributed by atoms with Crippen LogP contribution < -0.4 is 10.2 Å². The van der Waals surface area contributed by atoms with Gasteiger partial charge in [0.15, 0.2) is 0 Å². The molecule has 0 bridgehead atoms. The minimum Gasteiger partial charge on any atom is -0.395 e. The minimum absolute atomic E-state index is 0.164. The lowest BCUT2D eigenvalue weighted by molar-refractivity contribution is 0.301. The van der Waals surface area contributed by atoms with Crippen LogP contribution in [-0.2, 0) is 13.6 Å². The second-order valence-electron chi connectivity index (χ2n) is 3.84. The predicted molar refractivity (Wildman–Crippen MR) is 65.7 cm³/mol. The highest BCUT2D eigenvalue weighted by molar-refractivity contribution is 5.50. The van der Waals surface area contributed by atoms with Gasteiger partial charge in [0.25, 0.3) is 0 Å². The van der Waals surface area contributed by atoms with E-state index in [4.69, 9.17) is 5.11 Å². The largest absolute Gasteiger partial charge is 0.395 e. The zero-order chi connectivity index (χ0) is 12.1. The molecule has 0 atom stereocenters. The topological polar surface area (TPSA) is 53.3 Å². The van der Waals surface area contributed by atoms with Gasteiger partial charge >= 0.3 is 0 Å².